The largest absolute Gasteiger partial charge is 0.319 e. The summed E-state index contributed by atoms with van der Waals surface area (Å²) < 4.78 is 25.4. The number of benzene rings is 2. The first-order valence-corrected chi connectivity index (χ1v) is 11.8. The highest BCUT2D eigenvalue weighted by atomic mass is 32.2. The molecule has 2 aliphatic heterocycles. The molecule has 0 aliphatic carbocycles. The van der Waals surface area contributed by atoms with Crippen molar-refractivity contribution in [2.75, 3.05) is 19.3 Å². The summed E-state index contributed by atoms with van der Waals surface area (Å²) in [7, 11) is -3.22. The molecule has 154 valence electrons. The summed E-state index contributed by atoms with van der Waals surface area (Å²) in [4.78, 5) is 15.3. The minimum Gasteiger partial charge on any atom is -0.319 e. The molecular weight excluding hydrogens is 386 g/mol. The van der Waals surface area contributed by atoms with Crippen LogP contribution in [0.15, 0.2) is 60.7 Å². The van der Waals surface area contributed by atoms with Crippen molar-refractivity contribution in [3.8, 4) is 0 Å². The van der Waals surface area contributed by atoms with Crippen LogP contribution in [-0.4, -0.2) is 54.6 Å². The van der Waals surface area contributed by atoms with Crippen molar-refractivity contribution in [3.05, 3.63) is 71.8 Å². The first kappa shape index (κ1) is 20.1. The van der Waals surface area contributed by atoms with Crippen molar-refractivity contribution >= 4 is 15.9 Å². The van der Waals surface area contributed by atoms with Gasteiger partial charge in [0.15, 0.2) is 0 Å². The van der Waals surface area contributed by atoms with Crippen LogP contribution in [0.1, 0.15) is 24.0 Å². The summed E-state index contributed by atoms with van der Waals surface area (Å²) in [6, 6.07) is 19.7. The molecule has 29 heavy (non-hydrogen) atoms. The van der Waals surface area contributed by atoms with E-state index >= 15 is 0 Å². The van der Waals surface area contributed by atoms with E-state index in [1.54, 1.807) is 0 Å². The fourth-order valence-corrected chi connectivity index (χ4v) is 5.29. The van der Waals surface area contributed by atoms with Gasteiger partial charge >= 0.3 is 0 Å². The van der Waals surface area contributed by atoms with Gasteiger partial charge in [0.05, 0.1) is 18.0 Å². The summed E-state index contributed by atoms with van der Waals surface area (Å²) in [5.74, 6) is 0.0884. The molecule has 0 radical (unpaired) electrons. The number of sulfonamides is 1. The van der Waals surface area contributed by atoms with Crippen LogP contribution in [0.3, 0.4) is 0 Å². The number of piperidine rings is 1. The number of nitrogens with one attached hydrogen (secondary N) is 1. The molecule has 2 aromatic rings. The third kappa shape index (κ3) is 4.22. The highest BCUT2D eigenvalue weighted by Gasteiger charge is 2.51. The van der Waals surface area contributed by atoms with Crippen molar-refractivity contribution in [1.29, 1.82) is 0 Å². The Morgan fingerprint density at radius 1 is 0.966 bits per heavy atom. The fraction of sp³-hybridized carbons (Fsp3) is 0.409. The molecule has 4 rings (SSSR count). The zero-order chi connectivity index (χ0) is 20.5. The van der Waals surface area contributed by atoms with Crippen molar-refractivity contribution in [2.45, 2.75) is 37.5 Å². The van der Waals surface area contributed by atoms with Crippen LogP contribution < -0.4 is 5.32 Å². The van der Waals surface area contributed by atoms with Crippen molar-refractivity contribution in [1.82, 2.24) is 14.5 Å². The van der Waals surface area contributed by atoms with Crippen molar-refractivity contribution in [2.24, 2.45) is 0 Å². The summed E-state index contributed by atoms with van der Waals surface area (Å²) in [5, 5.41) is 3.60. The lowest BCUT2D eigenvalue weighted by atomic mass is 9.96. The molecule has 1 unspecified atom stereocenters. The molecule has 7 heteroatoms. The van der Waals surface area contributed by atoms with E-state index in [0.29, 0.717) is 38.9 Å². The number of nitrogens with zero attached hydrogens (tertiary/aromatic N) is 2. The Bertz CT molecular complexity index is 955. The molecule has 1 atom stereocenters. The van der Waals surface area contributed by atoms with Gasteiger partial charge in [-0.2, -0.15) is 0 Å². The first-order chi connectivity index (χ1) is 13.9. The van der Waals surface area contributed by atoms with Crippen LogP contribution in [-0.2, 0) is 27.8 Å². The zero-order valence-corrected chi connectivity index (χ0v) is 17.4. The molecule has 0 saturated carbocycles. The lowest BCUT2D eigenvalue weighted by Crippen LogP contribution is -2.59. The monoisotopic (exact) mass is 413 g/mol. The van der Waals surface area contributed by atoms with E-state index in [0.717, 1.165) is 11.1 Å². The van der Waals surface area contributed by atoms with Crippen LogP contribution in [0.25, 0.3) is 0 Å². The molecule has 2 fully saturated rings. The first-order valence-electron chi connectivity index (χ1n) is 10.00. The van der Waals surface area contributed by atoms with Gasteiger partial charge in [0.2, 0.25) is 15.9 Å². The van der Waals surface area contributed by atoms with E-state index in [1.807, 2.05) is 65.6 Å². The van der Waals surface area contributed by atoms with Gasteiger partial charge in [0, 0.05) is 19.6 Å². The number of carbonyl (C=O) groups excluding carboxylic acids is 1. The lowest BCUT2D eigenvalue weighted by Gasteiger charge is -2.44. The van der Waals surface area contributed by atoms with Crippen LogP contribution in [0.5, 0.6) is 0 Å². The van der Waals surface area contributed by atoms with Gasteiger partial charge in [-0.05, 0) is 30.4 Å². The number of hydrogen-bond acceptors (Lipinski definition) is 4. The summed E-state index contributed by atoms with van der Waals surface area (Å²) in [6.07, 6.45) is 3.05. The molecule has 1 N–H and O–H groups in total. The molecule has 2 aliphatic rings. The zero-order valence-electron chi connectivity index (χ0n) is 16.6. The molecule has 2 aromatic carbocycles. The van der Waals surface area contributed by atoms with Crippen LogP contribution in [0.4, 0.5) is 0 Å². The summed E-state index contributed by atoms with van der Waals surface area (Å²) in [6.45, 7) is 1.36. The third-order valence-electron chi connectivity index (χ3n) is 6.01. The molecule has 6 nitrogen and oxygen atoms in total. The second-order valence-electron chi connectivity index (χ2n) is 7.99. The van der Waals surface area contributed by atoms with E-state index < -0.39 is 15.7 Å². The molecule has 1 amide bonds. The van der Waals surface area contributed by atoms with Gasteiger partial charge < -0.3 is 4.90 Å². The maximum atomic E-state index is 13.4. The maximum absolute atomic E-state index is 13.4. The number of carbonyl (C=O) groups is 1. The Labute approximate surface area is 172 Å². The van der Waals surface area contributed by atoms with Crippen LogP contribution in [0, 0.1) is 0 Å². The van der Waals surface area contributed by atoms with Crippen LogP contribution in [0.2, 0.25) is 0 Å². The predicted octanol–water partition coefficient (Wildman–Crippen LogP) is 1.98. The minimum absolute atomic E-state index is 0.0884. The van der Waals surface area contributed by atoms with Crippen molar-refractivity contribution in [3.63, 3.8) is 0 Å². The van der Waals surface area contributed by atoms with E-state index in [4.69, 9.17) is 0 Å². The van der Waals surface area contributed by atoms with Gasteiger partial charge in [-0.3, -0.25) is 10.1 Å². The van der Waals surface area contributed by atoms with Gasteiger partial charge in [-0.15, -0.1) is 0 Å². The second-order valence-corrected chi connectivity index (χ2v) is 9.97. The van der Waals surface area contributed by atoms with Crippen LogP contribution >= 0.6 is 0 Å². The summed E-state index contributed by atoms with van der Waals surface area (Å²) >= 11 is 0. The van der Waals surface area contributed by atoms with E-state index in [-0.39, 0.29) is 11.9 Å². The topological polar surface area (TPSA) is 69.7 Å². The number of hydrogen-bond donors (Lipinski definition) is 1. The molecular formula is C22H27N3O3S. The molecule has 0 aromatic heterocycles. The SMILES string of the molecule is CS(=O)(=O)N1CCC2(CC1)NC(Cc1ccccc1)C(=O)N2Cc1ccccc1. The van der Waals surface area contributed by atoms with Gasteiger partial charge in [0.1, 0.15) is 0 Å². The highest BCUT2D eigenvalue weighted by molar-refractivity contribution is 7.88. The number of rotatable bonds is 5. The Morgan fingerprint density at radius 2 is 1.52 bits per heavy atom. The fourth-order valence-electron chi connectivity index (χ4n) is 4.45. The molecule has 0 bridgehead atoms. The van der Waals surface area contributed by atoms with Gasteiger partial charge in [-0.1, -0.05) is 60.7 Å². The molecule has 2 saturated heterocycles. The maximum Gasteiger partial charge on any atom is 0.241 e. The Morgan fingerprint density at radius 3 is 2.07 bits per heavy atom. The molecule has 2 heterocycles. The summed E-state index contributed by atoms with van der Waals surface area (Å²) in [5.41, 5.74) is 1.68. The number of amides is 1. The third-order valence-corrected chi connectivity index (χ3v) is 7.31. The van der Waals surface area contributed by atoms with E-state index in [1.165, 1.54) is 10.6 Å². The van der Waals surface area contributed by atoms with E-state index in [9.17, 15) is 13.2 Å². The average Bonchev–Trinajstić information content (AvgIpc) is 2.94. The average molecular weight is 414 g/mol. The van der Waals surface area contributed by atoms with Gasteiger partial charge in [0.25, 0.3) is 0 Å². The Hall–Kier alpha value is -2.22. The smallest absolute Gasteiger partial charge is 0.241 e. The standard InChI is InChI=1S/C22H27N3O3S/c1-29(27,28)24-14-12-22(13-15-24)23-20(16-18-8-4-2-5-9-18)21(26)25(22)17-19-10-6-3-7-11-19/h2-11,20,23H,12-17H2,1H3. The predicted molar refractivity (Wildman–Crippen MR) is 112 cm³/mol. The van der Waals surface area contributed by atoms with Gasteiger partial charge in [-0.25, -0.2) is 12.7 Å². The lowest BCUT2D eigenvalue weighted by molar-refractivity contribution is -0.134. The Kier molecular flexibility index (Phi) is 5.46. The van der Waals surface area contributed by atoms with E-state index in [2.05, 4.69) is 5.32 Å². The normalized spacial score (nSPS) is 22.3. The quantitative estimate of drug-likeness (QED) is 0.814. The van der Waals surface area contributed by atoms with Crippen molar-refractivity contribution < 1.29 is 13.2 Å². The Balaban J connectivity index is 1.59. The second kappa shape index (κ2) is 7.89. The minimum atomic E-state index is -3.22. The molecule has 1 spiro atoms. The highest BCUT2D eigenvalue weighted by Crippen LogP contribution is 2.35.